The molecule has 0 atom stereocenters. The van der Waals surface area contributed by atoms with E-state index in [9.17, 15) is 4.39 Å². The van der Waals surface area contributed by atoms with Gasteiger partial charge in [-0.3, -0.25) is 0 Å². The second-order valence-electron chi connectivity index (χ2n) is 4.60. The molecule has 0 radical (unpaired) electrons. The molecule has 0 unspecified atom stereocenters. The Hall–Kier alpha value is -1.09. The zero-order valence-corrected chi connectivity index (χ0v) is 10.3. The lowest BCUT2D eigenvalue weighted by Crippen LogP contribution is -2.08. The number of aromatic nitrogens is 2. The van der Waals surface area contributed by atoms with Gasteiger partial charge in [-0.1, -0.05) is 12.8 Å². The van der Waals surface area contributed by atoms with Gasteiger partial charge in [-0.25, -0.2) is 9.37 Å². The molecule has 1 aliphatic rings. The molecule has 0 spiro atoms. The highest BCUT2D eigenvalue weighted by Gasteiger charge is 2.22. The van der Waals surface area contributed by atoms with Crippen molar-refractivity contribution in [1.82, 2.24) is 9.55 Å². The number of imidazole rings is 1. The van der Waals surface area contributed by atoms with Crippen LogP contribution in [-0.2, 0) is 5.88 Å². The largest absolute Gasteiger partial charge is 0.324 e. The number of nitrogens with zero attached hydrogens (tertiary/aromatic N) is 2. The summed E-state index contributed by atoms with van der Waals surface area (Å²) < 4.78 is 15.5. The number of hydrogen-bond donors (Lipinski definition) is 0. The van der Waals surface area contributed by atoms with E-state index in [-0.39, 0.29) is 5.82 Å². The smallest absolute Gasteiger partial charge is 0.125 e. The lowest BCUT2D eigenvalue weighted by atomic mass is 10.2. The summed E-state index contributed by atoms with van der Waals surface area (Å²) in [7, 11) is 0. The molecular weight excluding hydrogens is 239 g/mol. The highest BCUT2D eigenvalue weighted by molar-refractivity contribution is 6.16. The standard InChI is InChI=1S/C13H14ClFN2/c14-8-13-16-11-6-5-9(15)7-12(11)17(13)10-3-1-2-4-10/h5-7,10H,1-4,8H2. The molecule has 4 heteroatoms. The van der Waals surface area contributed by atoms with E-state index in [0.29, 0.717) is 11.9 Å². The summed E-state index contributed by atoms with van der Waals surface area (Å²) in [6.45, 7) is 0. The van der Waals surface area contributed by atoms with Gasteiger partial charge in [0.05, 0.1) is 16.9 Å². The fourth-order valence-corrected chi connectivity index (χ4v) is 2.97. The third-order valence-corrected chi connectivity index (χ3v) is 3.77. The zero-order chi connectivity index (χ0) is 11.8. The van der Waals surface area contributed by atoms with Crippen LogP contribution in [0, 0.1) is 5.82 Å². The fraction of sp³-hybridized carbons (Fsp3) is 0.462. The molecule has 1 heterocycles. The molecule has 2 aromatic rings. The molecule has 0 bridgehead atoms. The van der Waals surface area contributed by atoms with E-state index < -0.39 is 0 Å². The van der Waals surface area contributed by atoms with Gasteiger partial charge < -0.3 is 4.57 Å². The molecule has 1 aromatic heterocycles. The van der Waals surface area contributed by atoms with Gasteiger partial charge in [-0.2, -0.15) is 0 Å². The Kier molecular flexibility index (Phi) is 2.79. The maximum atomic E-state index is 13.3. The minimum Gasteiger partial charge on any atom is -0.324 e. The van der Waals surface area contributed by atoms with Crippen LogP contribution in [0.1, 0.15) is 37.5 Å². The van der Waals surface area contributed by atoms with Gasteiger partial charge in [-0.15, -0.1) is 11.6 Å². The average molecular weight is 253 g/mol. The fourth-order valence-electron chi connectivity index (χ4n) is 2.78. The van der Waals surface area contributed by atoms with Crippen LogP contribution in [0.15, 0.2) is 18.2 Å². The lowest BCUT2D eigenvalue weighted by molar-refractivity contribution is 0.517. The first-order valence-corrected chi connectivity index (χ1v) is 6.55. The maximum Gasteiger partial charge on any atom is 0.125 e. The minimum absolute atomic E-state index is 0.210. The Morgan fingerprint density at radius 2 is 2.12 bits per heavy atom. The van der Waals surface area contributed by atoms with Crippen LogP contribution >= 0.6 is 11.6 Å². The van der Waals surface area contributed by atoms with Gasteiger partial charge in [0.1, 0.15) is 11.6 Å². The maximum absolute atomic E-state index is 13.3. The van der Waals surface area contributed by atoms with Crippen molar-refractivity contribution < 1.29 is 4.39 Å². The van der Waals surface area contributed by atoms with Gasteiger partial charge >= 0.3 is 0 Å². The highest BCUT2D eigenvalue weighted by Crippen LogP contribution is 2.34. The summed E-state index contributed by atoms with van der Waals surface area (Å²) in [5, 5.41) is 0. The van der Waals surface area contributed by atoms with E-state index in [1.807, 2.05) is 0 Å². The van der Waals surface area contributed by atoms with Gasteiger partial charge in [-0.05, 0) is 31.0 Å². The summed E-state index contributed by atoms with van der Waals surface area (Å²) in [6.07, 6.45) is 4.76. The SMILES string of the molecule is Fc1ccc2nc(CCl)n(C3CCCC3)c2c1. The van der Waals surface area contributed by atoms with E-state index in [2.05, 4.69) is 9.55 Å². The average Bonchev–Trinajstić information content (AvgIpc) is 2.93. The van der Waals surface area contributed by atoms with Crippen molar-refractivity contribution in [1.29, 1.82) is 0 Å². The van der Waals surface area contributed by atoms with E-state index in [0.717, 1.165) is 29.7 Å². The van der Waals surface area contributed by atoms with Crippen molar-refractivity contribution in [2.75, 3.05) is 0 Å². The first-order valence-electron chi connectivity index (χ1n) is 6.02. The van der Waals surface area contributed by atoms with Gasteiger partial charge in [0.25, 0.3) is 0 Å². The Morgan fingerprint density at radius 3 is 2.82 bits per heavy atom. The Labute approximate surface area is 104 Å². The van der Waals surface area contributed by atoms with Crippen molar-refractivity contribution in [3.63, 3.8) is 0 Å². The molecule has 0 saturated heterocycles. The van der Waals surface area contributed by atoms with Crippen LogP contribution in [-0.4, -0.2) is 9.55 Å². The van der Waals surface area contributed by atoms with Crippen LogP contribution in [0.5, 0.6) is 0 Å². The molecule has 1 aromatic carbocycles. The quantitative estimate of drug-likeness (QED) is 0.738. The second kappa shape index (κ2) is 4.30. The van der Waals surface area contributed by atoms with Crippen LogP contribution < -0.4 is 0 Å². The monoisotopic (exact) mass is 252 g/mol. The number of fused-ring (bicyclic) bond motifs is 1. The van der Waals surface area contributed by atoms with Crippen molar-refractivity contribution in [3.8, 4) is 0 Å². The molecule has 90 valence electrons. The molecule has 1 aliphatic carbocycles. The third-order valence-electron chi connectivity index (χ3n) is 3.53. The van der Waals surface area contributed by atoms with Crippen molar-refractivity contribution in [2.24, 2.45) is 0 Å². The van der Waals surface area contributed by atoms with Crippen molar-refractivity contribution >= 4 is 22.6 Å². The van der Waals surface area contributed by atoms with Gasteiger partial charge in [0.15, 0.2) is 0 Å². The van der Waals surface area contributed by atoms with E-state index in [4.69, 9.17) is 11.6 Å². The summed E-state index contributed by atoms with van der Waals surface area (Å²) >= 11 is 5.94. The number of hydrogen-bond acceptors (Lipinski definition) is 1. The van der Waals surface area contributed by atoms with Crippen molar-refractivity contribution in [2.45, 2.75) is 37.6 Å². The molecule has 0 aliphatic heterocycles. The first-order chi connectivity index (χ1) is 8.29. The predicted octanol–water partition coefficient (Wildman–Crippen LogP) is 4.03. The third kappa shape index (κ3) is 1.82. The zero-order valence-electron chi connectivity index (χ0n) is 9.50. The number of rotatable bonds is 2. The summed E-state index contributed by atoms with van der Waals surface area (Å²) in [4.78, 5) is 4.48. The Morgan fingerprint density at radius 1 is 1.35 bits per heavy atom. The molecule has 3 rings (SSSR count). The Bertz CT molecular complexity index is 544. The number of benzene rings is 1. The molecule has 17 heavy (non-hydrogen) atoms. The highest BCUT2D eigenvalue weighted by atomic mass is 35.5. The summed E-state index contributed by atoms with van der Waals surface area (Å²) in [5.41, 5.74) is 1.72. The second-order valence-corrected chi connectivity index (χ2v) is 4.87. The van der Waals surface area contributed by atoms with E-state index in [1.54, 1.807) is 12.1 Å². The van der Waals surface area contributed by atoms with E-state index in [1.165, 1.54) is 18.9 Å². The van der Waals surface area contributed by atoms with Gasteiger partial charge in [0.2, 0.25) is 0 Å². The molecule has 0 N–H and O–H groups in total. The number of halogens is 2. The van der Waals surface area contributed by atoms with Crippen molar-refractivity contribution in [3.05, 3.63) is 29.8 Å². The molecule has 1 saturated carbocycles. The summed E-state index contributed by atoms with van der Waals surface area (Å²) in [6, 6.07) is 5.19. The van der Waals surface area contributed by atoms with Gasteiger partial charge in [0, 0.05) is 6.04 Å². The molecular formula is C13H14ClFN2. The lowest BCUT2D eigenvalue weighted by Gasteiger charge is -2.15. The first kappa shape index (κ1) is 11.0. The molecule has 0 amide bonds. The topological polar surface area (TPSA) is 17.8 Å². The predicted molar refractivity (Wildman–Crippen MR) is 66.8 cm³/mol. The Balaban J connectivity index is 2.20. The van der Waals surface area contributed by atoms with Crippen LogP contribution in [0.3, 0.4) is 0 Å². The van der Waals surface area contributed by atoms with Crippen LogP contribution in [0.25, 0.3) is 11.0 Å². The molecule has 2 nitrogen and oxygen atoms in total. The number of alkyl halides is 1. The minimum atomic E-state index is -0.210. The van der Waals surface area contributed by atoms with Crippen LogP contribution in [0.4, 0.5) is 4.39 Å². The van der Waals surface area contributed by atoms with E-state index >= 15 is 0 Å². The summed E-state index contributed by atoms with van der Waals surface area (Å²) in [5.74, 6) is 1.03. The molecule has 1 fully saturated rings. The van der Waals surface area contributed by atoms with Crippen LogP contribution in [0.2, 0.25) is 0 Å². The normalized spacial score (nSPS) is 17.1.